The summed E-state index contributed by atoms with van der Waals surface area (Å²) >= 11 is 11.8. The number of nitrogen functional groups attached to an aromatic ring is 5. The summed E-state index contributed by atoms with van der Waals surface area (Å²) in [4.78, 5) is 52.8. The predicted octanol–water partition coefficient (Wildman–Crippen LogP) is 17.1. The Morgan fingerprint density at radius 2 is 1.27 bits per heavy atom. The number of aromatic nitrogens is 18. The first-order chi connectivity index (χ1) is 57.7. The summed E-state index contributed by atoms with van der Waals surface area (Å²) in [6.45, 7) is 2.04. The molecule has 0 atom stereocenters. The number of para-hydroxylation sites is 3. The van der Waals surface area contributed by atoms with Gasteiger partial charge in [0.25, 0.3) is 5.95 Å². The minimum atomic E-state index is -0.537. The van der Waals surface area contributed by atoms with Crippen LogP contribution in [0.2, 0.25) is 5.28 Å². The molecular weight excluding hydrogens is 1550 g/mol. The fourth-order valence-corrected chi connectivity index (χ4v) is 14.0. The molecule has 12 aromatic heterocycles. The van der Waals surface area contributed by atoms with Gasteiger partial charge in [0.2, 0.25) is 17.1 Å². The molecule has 0 aliphatic heterocycles. The maximum Gasteiger partial charge on any atom is 0.348 e. The first-order valence-electron chi connectivity index (χ1n) is 36.9. The average Bonchev–Trinajstić information content (AvgIpc) is 1.63. The van der Waals surface area contributed by atoms with Crippen molar-refractivity contribution in [3.05, 3.63) is 288 Å². The lowest BCUT2D eigenvalue weighted by Crippen LogP contribution is -2.14. The van der Waals surface area contributed by atoms with E-state index in [1.807, 2.05) is 169 Å². The van der Waals surface area contributed by atoms with Gasteiger partial charge in [-0.25, -0.2) is 43.5 Å². The minimum Gasteiger partial charge on any atom is -0.470 e. The molecule has 20 rings (SSSR count). The van der Waals surface area contributed by atoms with Gasteiger partial charge in [0.05, 0.1) is 45.9 Å². The molecule has 14 N–H and O–H groups in total. The lowest BCUT2D eigenvalue weighted by atomic mass is 10.1. The van der Waals surface area contributed by atoms with Crippen molar-refractivity contribution < 1.29 is 23.0 Å². The number of hydrogen-bond donors (Lipinski definition) is 9. The fraction of sp³-hybridized carbons (Fsp3) is 0.0941. The molecule has 592 valence electrons. The molecule has 2 aliphatic carbocycles. The third-order valence-corrected chi connectivity index (χ3v) is 19.6. The molecular formula is C85H73ClN26O6S. The number of H-pyrrole nitrogens is 1. The monoisotopic (exact) mass is 1620 g/mol. The summed E-state index contributed by atoms with van der Waals surface area (Å²) in [6.07, 6.45) is 20.8. The van der Waals surface area contributed by atoms with Crippen molar-refractivity contribution in [3.63, 3.8) is 0 Å². The van der Waals surface area contributed by atoms with Gasteiger partial charge in [-0.1, -0.05) is 129 Å². The number of aryl methyl sites for hydroxylation is 1. The number of fused-ring (bicyclic) bond motifs is 5. The Bertz CT molecular complexity index is 6780. The van der Waals surface area contributed by atoms with Gasteiger partial charge < -0.3 is 67.7 Å². The van der Waals surface area contributed by atoms with Gasteiger partial charge in [-0.05, 0) is 140 Å². The van der Waals surface area contributed by atoms with E-state index in [9.17, 15) is 4.79 Å². The van der Waals surface area contributed by atoms with Crippen molar-refractivity contribution in [2.45, 2.75) is 52.5 Å². The van der Waals surface area contributed by atoms with Crippen LogP contribution in [0, 0.1) is 6.92 Å². The quantitative estimate of drug-likeness (QED) is 0.0219. The van der Waals surface area contributed by atoms with E-state index >= 15 is 0 Å². The first kappa shape index (κ1) is 77.1. The van der Waals surface area contributed by atoms with Crippen LogP contribution >= 0.6 is 23.8 Å². The standard InChI is InChI=1S/C25H20N8O.C22H17N7O2.C19H14N6O3.C18H18ClN5S.CH4/c26-22-21-23(32-33(17-10-12-28-13-11-17)24(21)31-25(27)30-22)29-16-6-3-7-18(14-16)34-20-9-2-5-15-4-1-8-19(15)20;23-19-18-20(25-14-9-11-16(12-10-14)31-17-8-4-5-13-24-17)28-29(15-6-2-1-3-7-15)21(18)27-22(30)26-19;20-17-16-18(24-25(12-7-9-26-10-12)19(16)22-11-21-17)23-13-4-1-2-5-14(13)28-15-6-3-8-27-15;1-10-5-4-6-11(9-10)15(25)14-13-16(20)21-18(19)22-17(13)24(23-14)12-7-2-3-8-12;/h1-7,9-14H,8H2,(H,29,32)(H4,26,27,30,31);1-13H,(H,25,28)(H3,23,26,27,30);1-11H,(H,23,24)(H2,20,21,22);4-6,9,12H,2-3,7-8H2,1H3,(H2,20,21,22);1H4. The number of thiocarbonyl (C=S) groups is 1. The number of nitrogens with zero attached hydrogens (tertiary/aromatic N) is 17. The fourth-order valence-electron chi connectivity index (χ4n) is 13.6. The lowest BCUT2D eigenvalue weighted by Gasteiger charge is -2.12. The Morgan fingerprint density at radius 1 is 0.563 bits per heavy atom. The smallest absolute Gasteiger partial charge is 0.348 e. The molecule has 18 aromatic rings. The van der Waals surface area contributed by atoms with Crippen molar-refractivity contribution in [2.75, 3.05) is 44.6 Å². The van der Waals surface area contributed by atoms with Gasteiger partial charge in [0.1, 0.15) is 80.7 Å². The number of rotatable bonds is 18. The molecule has 32 nitrogen and oxygen atoms in total. The molecule has 0 unspecified atom stereocenters. The highest BCUT2D eigenvalue weighted by atomic mass is 35.5. The van der Waals surface area contributed by atoms with Crippen molar-refractivity contribution in [1.82, 2.24) is 89.0 Å². The third kappa shape index (κ3) is 16.6. The molecule has 1 saturated carbocycles. The number of ether oxygens (including phenoxy) is 3. The highest BCUT2D eigenvalue weighted by Gasteiger charge is 2.28. The number of furan rings is 2. The highest BCUT2D eigenvalue weighted by molar-refractivity contribution is 7.81. The summed E-state index contributed by atoms with van der Waals surface area (Å²) in [6, 6.07) is 60.7. The molecule has 0 spiro atoms. The largest absolute Gasteiger partial charge is 0.470 e. The van der Waals surface area contributed by atoms with Crippen LogP contribution in [0.15, 0.2) is 258 Å². The lowest BCUT2D eigenvalue weighted by molar-refractivity contribution is 0.348. The van der Waals surface area contributed by atoms with Crippen LogP contribution in [0.25, 0.3) is 67.3 Å². The number of aromatic amines is 1. The zero-order chi connectivity index (χ0) is 80.8. The molecule has 0 saturated heterocycles. The van der Waals surface area contributed by atoms with E-state index in [0.29, 0.717) is 125 Å². The van der Waals surface area contributed by atoms with E-state index in [-0.39, 0.29) is 30.3 Å². The van der Waals surface area contributed by atoms with E-state index in [1.54, 1.807) is 75.7 Å². The summed E-state index contributed by atoms with van der Waals surface area (Å²) in [5.41, 5.74) is 41.6. The van der Waals surface area contributed by atoms with E-state index in [4.69, 9.17) is 85.7 Å². The Labute approximate surface area is 687 Å². The molecule has 0 amide bonds. The molecule has 1 fully saturated rings. The molecule has 6 aromatic carbocycles. The zero-order valence-corrected chi connectivity index (χ0v) is 64.1. The molecule has 119 heavy (non-hydrogen) atoms. The van der Waals surface area contributed by atoms with E-state index < -0.39 is 5.69 Å². The second kappa shape index (κ2) is 34.0. The Kier molecular flexibility index (Phi) is 22.0. The highest BCUT2D eigenvalue weighted by Crippen LogP contribution is 2.40. The number of halogens is 1. The molecule has 2 aliphatic rings. The SMILES string of the molecule is C.Cc1cccc(C(=S)c2nn(C3CCCC3)c3nc(Cl)nc(N)c23)c1.Nc1[nH]c(=O)nc2c1c(Nc1ccc(Oc3ccccn3)cc1)nn2-c1ccccc1.Nc1nc(N)c2c(Nc3cccc(Oc4cccc5c4CC=C5)c3)nn(-c3ccncc3)c2n1.Nc1ncnc2c1c(Nc1ccccc1Oc1ccco1)nn2-c1ccoc1. The van der Waals surface area contributed by atoms with Gasteiger partial charge in [0, 0.05) is 59.8 Å². The van der Waals surface area contributed by atoms with Crippen LogP contribution in [0.1, 0.15) is 67.1 Å². The van der Waals surface area contributed by atoms with Crippen LogP contribution in [0.4, 0.5) is 63.7 Å². The summed E-state index contributed by atoms with van der Waals surface area (Å²) < 4.78 is 35.0. The van der Waals surface area contributed by atoms with Gasteiger partial charge in [-0.15, -0.1) is 15.3 Å². The Hall–Kier alpha value is -15.9. The van der Waals surface area contributed by atoms with Crippen molar-refractivity contribution in [2.24, 2.45) is 0 Å². The molecule has 0 radical (unpaired) electrons. The topological polar surface area (TPSA) is 440 Å². The summed E-state index contributed by atoms with van der Waals surface area (Å²) in [7, 11) is 0. The second-order valence-corrected chi connectivity index (χ2v) is 27.6. The van der Waals surface area contributed by atoms with E-state index in [2.05, 4.69) is 100 Å². The average molecular weight is 1620 g/mol. The number of allylic oxidation sites excluding steroid dienone is 1. The number of nitrogens with two attached hydrogens (primary N) is 5. The normalized spacial score (nSPS) is 12.1. The zero-order valence-electron chi connectivity index (χ0n) is 62.5. The van der Waals surface area contributed by atoms with E-state index in [0.717, 1.165) is 64.6 Å². The number of benzene rings is 6. The summed E-state index contributed by atoms with van der Waals surface area (Å²) in [5.74, 6) is 6.27. The van der Waals surface area contributed by atoms with Crippen LogP contribution in [-0.4, -0.2) is 93.8 Å². The van der Waals surface area contributed by atoms with Crippen molar-refractivity contribution in [1.29, 1.82) is 0 Å². The van der Waals surface area contributed by atoms with Crippen molar-refractivity contribution in [3.8, 4) is 51.9 Å². The maximum atomic E-state index is 11.9. The van der Waals surface area contributed by atoms with Gasteiger partial charge in [-0.3, -0.25) is 9.97 Å². The minimum absolute atomic E-state index is 0. The summed E-state index contributed by atoms with van der Waals surface area (Å²) in [5, 5.41) is 31.1. The van der Waals surface area contributed by atoms with Crippen molar-refractivity contribution >= 4 is 143 Å². The Morgan fingerprint density at radius 3 is 2.03 bits per heavy atom. The van der Waals surface area contributed by atoms with Gasteiger partial charge in [-0.2, -0.15) is 25.0 Å². The molecule has 34 heteroatoms. The number of hydrogen-bond acceptors (Lipinski definition) is 28. The number of anilines is 11. The van der Waals surface area contributed by atoms with Crippen LogP contribution < -0.4 is 64.5 Å². The van der Waals surface area contributed by atoms with Crippen LogP contribution in [-0.2, 0) is 6.42 Å². The van der Waals surface area contributed by atoms with Gasteiger partial charge in [0.15, 0.2) is 45.8 Å². The molecule has 12 heterocycles. The number of pyridine rings is 2. The Balaban J connectivity index is 0.000000119. The van der Waals surface area contributed by atoms with Crippen LogP contribution in [0.3, 0.4) is 0 Å². The molecule has 0 bridgehead atoms. The number of nitrogens with one attached hydrogen (secondary N) is 4. The third-order valence-electron chi connectivity index (χ3n) is 19.0. The maximum absolute atomic E-state index is 11.9. The van der Waals surface area contributed by atoms with Crippen LogP contribution in [0.5, 0.6) is 34.8 Å². The predicted molar refractivity (Wildman–Crippen MR) is 463 cm³/mol. The second-order valence-electron chi connectivity index (χ2n) is 26.8. The van der Waals surface area contributed by atoms with E-state index in [1.165, 1.54) is 30.3 Å². The van der Waals surface area contributed by atoms with Gasteiger partial charge >= 0.3 is 5.69 Å². The first-order valence-corrected chi connectivity index (χ1v) is 37.7.